The fourth-order valence-electron chi connectivity index (χ4n) is 0.263. The van der Waals surface area contributed by atoms with Gasteiger partial charge in [-0.05, 0) is 13.8 Å². The van der Waals surface area contributed by atoms with Crippen LogP contribution in [0.15, 0.2) is 16.4 Å². The van der Waals surface area contributed by atoms with Crippen molar-refractivity contribution in [3.8, 4) is 0 Å². The lowest BCUT2D eigenvalue weighted by Crippen LogP contribution is -2.04. The molecule has 0 unspecified atom stereocenters. The van der Waals surface area contributed by atoms with Crippen molar-refractivity contribution in [1.82, 2.24) is 5.43 Å². The first-order valence-corrected chi connectivity index (χ1v) is 2.81. The van der Waals surface area contributed by atoms with E-state index in [1.807, 2.05) is 13.8 Å². The summed E-state index contributed by atoms with van der Waals surface area (Å²) in [7, 11) is 1.73. The number of hydrogen-bond donors (Lipinski definition) is 2. The van der Waals surface area contributed by atoms with E-state index in [-0.39, 0.29) is 0 Å². The zero-order valence-electron chi connectivity index (χ0n) is 6.10. The van der Waals surface area contributed by atoms with Crippen LogP contribution in [0.1, 0.15) is 13.8 Å². The molecule has 3 heteroatoms. The fourth-order valence-corrected chi connectivity index (χ4v) is 0.263. The average molecular weight is 127 g/mol. The van der Waals surface area contributed by atoms with Gasteiger partial charge < -0.3 is 11.2 Å². The van der Waals surface area contributed by atoms with Crippen molar-refractivity contribution in [2.75, 3.05) is 7.05 Å². The van der Waals surface area contributed by atoms with Gasteiger partial charge in [0.25, 0.3) is 0 Å². The standard InChI is InChI=1S/C6H13N3/c1-5(2)6(7)4-9-8-3/h4,8H,7H2,1-3H3/b9-4-. The molecule has 3 N–H and O–H groups in total. The van der Waals surface area contributed by atoms with Gasteiger partial charge in [-0.25, -0.2) is 0 Å². The fraction of sp³-hybridized carbons (Fsp3) is 0.500. The molecule has 0 saturated heterocycles. The highest BCUT2D eigenvalue weighted by molar-refractivity contribution is 5.77. The van der Waals surface area contributed by atoms with Crippen molar-refractivity contribution >= 4 is 6.21 Å². The summed E-state index contributed by atoms with van der Waals surface area (Å²) in [4.78, 5) is 0. The number of nitrogens with zero attached hydrogens (tertiary/aromatic N) is 1. The molecule has 0 amide bonds. The smallest absolute Gasteiger partial charge is 0.0696 e. The van der Waals surface area contributed by atoms with E-state index >= 15 is 0 Å². The van der Waals surface area contributed by atoms with Gasteiger partial charge in [0, 0.05) is 7.05 Å². The molecule has 0 fully saturated rings. The molecule has 9 heavy (non-hydrogen) atoms. The Bertz CT molecular complexity index is 131. The van der Waals surface area contributed by atoms with E-state index in [1.54, 1.807) is 13.3 Å². The molecule has 0 heterocycles. The average Bonchev–Trinajstić information content (AvgIpc) is 1.82. The predicted octanol–water partition coefficient (Wildman–Crippen LogP) is 0.444. The molecule has 0 aromatic heterocycles. The first-order chi connectivity index (χ1) is 4.18. The summed E-state index contributed by atoms with van der Waals surface area (Å²) in [5, 5.41) is 3.74. The molecule has 0 saturated carbocycles. The molecule has 0 spiro atoms. The number of allylic oxidation sites excluding steroid dienone is 2. The second kappa shape index (κ2) is 3.95. The summed E-state index contributed by atoms with van der Waals surface area (Å²) >= 11 is 0. The lowest BCUT2D eigenvalue weighted by Gasteiger charge is -1.93. The third kappa shape index (κ3) is 3.58. The highest BCUT2D eigenvalue weighted by Gasteiger charge is 1.83. The highest BCUT2D eigenvalue weighted by Crippen LogP contribution is 1.90. The van der Waals surface area contributed by atoms with Gasteiger partial charge in [0.15, 0.2) is 0 Å². The lowest BCUT2D eigenvalue weighted by molar-refractivity contribution is 0.906. The monoisotopic (exact) mass is 127 g/mol. The largest absolute Gasteiger partial charge is 0.397 e. The van der Waals surface area contributed by atoms with Crippen LogP contribution in [0, 0.1) is 0 Å². The van der Waals surface area contributed by atoms with Gasteiger partial charge in [0.1, 0.15) is 0 Å². The van der Waals surface area contributed by atoms with E-state index in [2.05, 4.69) is 10.5 Å². The molecule has 52 valence electrons. The van der Waals surface area contributed by atoms with Gasteiger partial charge in [0.2, 0.25) is 0 Å². The molecule has 0 bridgehead atoms. The van der Waals surface area contributed by atoms with Crippen LogP contribution in [-0.2, 0) is 0 Å². The molecule has 0 aliphatic heterocycles. The maximum Gasteiger partial charge on any atom is 0.0696 e. The van der Waals surface area contributed by atoms with Gasteiger partial charge in [-0.15, -0.1) is 0 Å². The van der Waals surface area contributed by atoms with E-state index < -0.39 is 0 Å². The van der Waals surface area contributed by atoms with Crippen molar-refractivity contribution in [1.29, 1.82) is 0 Å². The topological polar surface area (TPSA) is 50.4 Å². The predicted molar refractivity (Wildman–Crippen MR) is 40.1 cm³/mol. The number of hydrogen-bond acceptors (Lipinski definition) is 3. The third-order valence-corrected chi connectivity index (χ3v) is 0.910. The number of nitrogens with two attached hydrogens (primary N) is 1. The molecule has 0 aromatic carbocycles. The number of hydrazone groups is 1. The summed E-state index contributed by atoms with van der Waals surface area (Å²) in [5.74, 6) is 0. The molecule has 0 radical (unpaired) electrons. The Morgan fingerprint density at radius 2 is 2.11 bits per heavy atom. The molecular weight excluding hydrogens is 114 g/mol. The third-order valence-electron chi connectivity index (χ3n) is 0.910. The minimum Gasteiger partial charge on any atom is -0.397 e. The van der Waals surface area contributed by atoms with Crippen molar-refractivity contribution in [3.63, 3.8) is 0 Å². The van der Waals surface area contributed by atoms with Crippen molar-refractivity contribution in [3.05, 3.63) is 11.3 Å². The maximum absolute atomic E-state index is 5.49. The zero-order chi connectivity index (χ0) is 7.28. The molecule has 0 aromatic rings. The molecule has 0 aliphatic carbocycles. The number of rotatable bonds is 2. The molecule has 0 atom stereocenters. The highest BCUT2D eigenvalue weighted by atomic mass is 15.3. The molecule has 0 rings (SSSR count). The Morgan fingerprint density at radius 3 is 2.44 bits per heavy atom. The molecule has 3 nitrogen and oxygen atoms in total. The van der Waals surface area contributed by atoms with Crippen LogP contribution in [0.25, 0.3) is 0 Å². The summed E-state index contributed by atoms with van der Waals surface area (Å²) in [6.07, 6.45) is 1.59. The summed E-state index contributed by atoms with van der Waals surface area (Å²) in [5.41, 5.74) is 9.89. The Labute approximate surface area is 55.6 Å². The minimum absolute atomic E-state index is 0.712. The van der Waals surface area contributed by atoms with E-state index in [9.17, 15) is 0 Å². The van der Waals surface area contributed by atoms with Crippen LogP contribution in [0.3, 0.4) is 0 Å². The van der Waals surface area contributed by atoms with Crippen LogP contribution in [-0.4, -0.2) is 13.3 Å². The quantitative estimate of drug-likeness (QED) is 0.418. The van der Waals surface area contributed by atoms with Gasteiger partial charge in [-0.2, -0.15) is 5.10 Å². The normalized spacial score (nSPS) is 9.67. The van der Waals surface area contributed by atoms with Crippen molar-refractivity contribution in [2.45, 2.75) is 13.8 Å². The van der Waals surface area contributed by atoms with Crippen LogP contribution in [0.4, 0.5) is 0 Å². The molecular formula is C6H13N3. The summed E-state index contributed by atoms with van der Waals surface area (Å²) in [6, 6.07) is 0. The zero-order valence-corrected chi connectivity index (χ0v) is 6.10. The Balaban J connectivity index is 3.91. The van der Waals surface area contributed by atoms with Gasteiger partial charge >= 0.3 is 0 Å². The van der Waals surface area contributed by atoms with Crippen LogP contribution in [0.2, 0.25) is 0 Å². The van der Waals surface area contributed by atoms with Gasteiger partial charge in [-0.3, -0.25) is 0 Å². The second-order valence-corrected chi connectivity index (χ2v) is 1.94. The second-order valence-electron chi connectivity index (χ2n) is 1.94. The lowest BCUT2D eigenvalue weighted by atomic mass is 10.3. The van der Waals surface area contributed by atoms with Gasteiger partial charge in [0.05, 0.1) is 11.9 Å². The summed E-state index contributed by atoms with van der Waals surface area (Å²) in [6.45, 7) is 3.88. The first-order valence-electron chi connectivity index (χ1n) is 2.81. The van der Waals surface area contributed by atoms with E-state index in [0.717, 1.165) is 5.57 Å². The van der Waals surface area contributed by atoms with E-state index in [1.165, 1.54) is 0 Å². The van der Waals surface area contributed by atoms with Crippen molar-refractivity contribution in [2.24, 2.45) is 10.8 Å². The first kappa shape index (κ1) is 8.01. The maximum atomic E-state index is 5.49. The Morgan fingerprint density at radius 1 is 1.56 bits per heavy atom. The summed E-state index contributed by atoms with van der Waals surface area (Å²) < 4.78 is 0. The van der Waals surface area contributed by atoms with Crippen LogP contribution >= 0.6 is 0 Å². The Kier molecular flexibility index (Phi) is 3.51. The van der Waals surface area contributed by atoms with Crippen LogP contribution < -0.4 is 11.2 Å². The van der Waals surface area contributed by atoms with E-state index in [0.29, 0.717) is 5.70 Å². The SMILES string of the molecule is CN/N=C\C(N)=C(C)C. The minimum atomic E-state index is 0.712. The Hall–Kier alpha value is -0.990. The van der Waals surface area contributed by atoms with Crippen LogP contribution in [0.5, 0.6) is 0 Å². The number of nitrogens with one attached hydrogen (secondary N) is 1. The van der Waals surface area contributed by atoms with E-state index in [4.69, 9.17) is 5.73 Å². The van der Waals surface area contributed by atoms with Gasteiger partial charge in [-0.1, -0.05) is 5.57 Å². The van der Waals surface area contributed by atoms with Crippen molar-refractivity contribution < 1.29 is 0 Å². The molecule has 0 aliphatic rings.